The second-order valence-corrected chi connectivity index (χ2v) is 6.56. The lowest BCUT2D eigenvalue weighted by atomic mass is 9.87. The number of amides is 2. The van der Waals surface area contributed by atoms with Crippen molar-refractivity contribution in [3.63, 3.8) is 0 Å². The standard InChI is InChI=1S/C15H26N2O9/c1-6(18)4-10(22)17-11(7(2)19)13-12(16-8(3)20)9(21)5-15(25,26-13)14(23)24/h6-7,9,11-13,18-19,21,25H,4-5H2,1-3H3,(H,16,20)(H,17,22)(H,23,24)/t6-,7-,9-,11-,12-,13-,15-/m0/s1. The molecule has 1 saturated heterocycles. The Morgan fingerprint density at radius 2 is 1.85 bits per heavy atom. The highest BCUT2D eigenvalue weighted by atomic mass is 16.7. The van der Waals surface area contributed by atoms with E-state index in [1.165, 1.54) is 13.8 Å². The number of carbonyl (C=O) groups excluding carboxylic acids is 2. The van der Waals surface area contributed by atoms with Gasteiger partial charge in [-0.2, -0.15) is 0 Å². The number of rotatable bonds is 7. The van der Waals surface area contributed by atoms with E-state index in [0.717, 1.165) is 6.92 Å². The molecule has 1 rings (SSSR count). The summed E-state index contributed by atoms with van der Waals surface area (Å²) in [6, 6.07) is -2.47. The maximum atomic E-state index is 12.0. The highest BCUT2D eigenvalue weighted by Gasteiger charge is 2.54. The fourth-order valence-corrected chi connectivity index (χ4v) is 2.81. The molecule has 0 spiro atoms. The average Bonchev–Trinajstić information content (AvgIpc) is 2.46. The summed E-state index contributed by atoms with van der Waals surface area (Å²) in [4.78, 5) is 34.7. The van der Waals surface area contributed by atoms with Crippen LogP contribution in [0.3, 0.4) is 0 Å². The van der Waals surface area contributed by atoms with Crippen LogP contribution in [0, 0.1) is 0 Å². The smallest absolute Gasteiger partial charge is 0.364 e. The second-order valence-electron chi connectivity index (χ2n) is 6.56. The molecule has 1 heterocycles. The summed E-state index contributed by atoms with van der Waals surface area (Å²) >= 11 is 0. The van der Waals surface area contributed by atoms with Gasteiger partial charge in [0.05, 0.1) is 36.8 Å². The van der Waals surface area contributed by atoms with Gasteiger partial charge in [0.15, 0.2) is 0 Å². The summed E-state index contributed by atoms with van der Waals surface area (Å²) in [6.07, 6.45) is -6.26. The van der Waals surface area contributed by atoms with Gasteiger partial charge in [0.1, 0.15) is 6.10 Å². The predicted octanol–water partition coefficient (Wildman–Crippen LogP) is -2.95. The minimum atomic E-state index is -2.76. The van der Waals surface area contributed by atoms with Crippen LogP contribution in [-0.4, -0.2) is 85.6 Å². The zero-order valence-electron chi connectivity index (χ0n) is 14.7. The number of carbonyl (C=O) groups is 3. The molecule has 1 fully saturated rings. The second kappa shape index (κ2) is 8.73. The first kappa shape index (κ1) is 22.3. The third-order valence-corrected chi connectivity index (χ3v) is 3.97. The fourth-order valence-electron chi connectivity index (χ4n) is 2.81. The van der Waals surface area contributed by atoms with Gasteiger partial charge in [-0.25, -0.2) is 4.79 Å². The van der Waals surface area contributed by atoms with E-state index in [0.29, 0.717) is 0 Å². The number of carboxylic acid groups (broad SMARTS) is 1. The number of hydrogen-bond acceptors (Lipinski definition) is 8. The topological polar surface area (TPSA) is 186 Å². The molecule has 0 unspecified atom stereocenters. The monoisotopic (exact) mass is 378 g/mol. The Morgan fingerprint density at radius 3 is 2.27 bits per heavy atom. The van der Waals surface area contributed by atoms with Crippen LogP contribution in [0.2, 0.25) is 0 Å². The highest BCUT2D eigenvalue weighted by Crippen LogP contribution is 2.30. The average molecular weight is 378 g/mol. The summed E-state index contributed by atoms with van der Waals surface area (Å²) in [5.74, 6) is -5.76. The lowest BCUT2D eigenvalue weighted by Crippen LogP contribution is -2.69. The molecule has 7 N–H and O–H groups in total. The van der Waals surface area contributed by atoms with Crippen LogP contribution in [0.4, 0.5) is 0 Å². The van der Waals surface area contributed by atoms with Crippen molar-refractivity contribution in [2.24, 2.45) is 0 Å². The summed E-state index contributed by atoms with van der Waals surface area (Å²) in [5.41, 5.74) is 0. The van der Waals surface area contributed by atoms with Crippen molar-refractivity contribution in [2.45, 2.75) is 75.9 Å². The minimum Gasteiger partial charge on any atom is -0.477 e. The van der Waals surface area contributed by atoms with E-state index < -0.39 is 66.5 Å². The van der Waals surface area contributed by atoms with Gasteiger partial charge in [0, 0.05) is 13.3 Å². The third kappa shape index (κ3) is 5.61. The molecule has 0 bridgehead atoms. The van der Waals surface area contributed by atoms with Crippen LogP contribution in [0.1, 0.15) is 33.6 Å². The highest BCUT2D eigenvalue weighted by molar-refractivity contribution is 5.77. The SMILES string of the molecule is CC(=O)N[C@@H]1[C@H]([C@@H](NC(=O)C[C@H](C)O)[C@H](C)O)O[C@](O)(C(=O)O)C[C@@H]1O. The Morgan fingerprint density at radius 1 is 1.27 bits per heavy atom. The Bertz CT molecular complexity index is 539. The Kier molecular flexibility index (Phi) is 7.47. The van der Waals surface area contributed by atoms with Crippen LogP contribution in [0.25, 0.3) is 0 Å². The third-order valence-electron chi connectivity index (χ3n) is 3.97. The molecule has 0 aromatic carbocycles. The van der Waals surface area contributed by atoms with E-state index in [-0.39, 0.29) is 6.42 Å². The van der Waals surface area contributed by atoms with Crippen molar-refractivity contribution >= 4 is 17.8 Å². The number of hydrogen-bond donors (Lipinski definition) is 7. The molecule has 7 atom stereocenters. The number of ether oxygens (including phenoxy) is 1. The van der Waals surface area contributed by atoms with Crippen LogP contribution >= 0.6 is 0 Å². The minimum absolute atomic E-state index is 0.299. The maximum absolute atomic E-state index is 12.0. The molecule has 11 nitrogen and oxygen atoms in total. The van der Waals surface area contributed by atoms with Gasteiger partial charge < -0.3 is 40.9 Å². The van der Waals surface area contributed by atoms with Gasteiger partial charge in [-0.3, -0.25) is 9.59 Å². The van der Waals surface area contributed by atoms with E-state index in [2.05, 4.69) is 10.6 Å². The molecular formula is C15H26N2O9. The first-order chi connectivity index (χ1) is 11.9. The van der Waals surface area contributed by atoms with Crippen LogP contribution in [0.5, 0.6) is 0 Å². The first-order valence-corrected chi connectivity index (χ1v) is 8.11. The Labute approximate surface area is 150 Å². The van der Waals surface area contributed by atoms with Crippen LogP contribution in [-0.2, 0) is 19.1 Å². The van der Waals surface area contributed by atoms with Crippen molar-refractivity contribution in [2.75, 3.05) is 0 Å². The van der Waals surface area contributed by atoms with Crippen molar-refractivity contribution in [1.29, 1.82) is 0 Å². The summed E-state index contributed by atoms with van der Waals surface area (Å²) < 4.78 is 5.19. The van der Waals surface area contributed by atoms with Gasteiger partial charge in [-0.15, -0.1) is 0 Å². The van der Waals surface area contributed by atoms with E-state index in [9.17, 15) is 34.8 Å². The van der Waals surface area contributed by atoms with Gasteiger partial charge in [0.25, 0.3) is 5.79 Å². The Balaban J connectivity index is 3.18. The number of aliphatic hydroxyl groups is 4. The quantitative estimate of drug-likeness (QED) is 0.243. The summed E-state index contributed by atoms with van der Waals surface area (Å²) in [6.45, 7) is 3.81. The van der Waals surface area contributed by atoms with E-state index >= 15 is 0 Å². The molecule has 1 aliphatic heterocycles. The number of aliphatic carboxylic acids is 1. The molecule has 0 aliphatic carbocycles. The van der Waals surface area contributed by atoms with Gasteiger partial charge in [0.2, 0.25) is 11.8 Å². The number of nitrogens with one attached hydrogen (secondary N) is 2. The van der Waals surface area contributed by atoms with Crippen molar-refractivity contribution in [1.82, 2.24) is 10.6 Å². The normalized spacial score (nSPS) is 32.2. The van der Waals surface area contributed by atoms with E-state index in [1.54, 1.807) is 0 Å². The molecule has 26 heavy (non-hydrogen) atoms. The van der Waals surface area contributed by atoms with Crippen LogP contribution in [0.15, 0.2) is 0 Å². The molecule has 2 amide bonds. The van der Waals surface area contributed by atoms with Crippen molar-refractivity contribution < 1.29 is 44.7 Å². The summed E-state index contributed by atoms with van der Waals surface area (Å²) in [7, 11) is 0. The van der Waals surface area contributed by atoms with Crippen molar-refractivity contribution in [3.05, 3.63) is 0 Å². The molecular weight excluding hydrogens is 352 g/mol. The lowest BCUT2D eigenvalue weighted by Gasteiger charge is -2.46. The maximum Gasteiger partial charge on any atom is 0.364 e. The summed E-state index contributed by atoms with van der Waals surface area (Å²) in [5, 5.41) is 53.6. The Hall–Kier alpha value is -1.79. The van der Waals surface area contributed by atoms with Gasteiger partial charge in [-0.1, -0.05) is 0 Å². The first-order valence-electron chi connectivity index (χ1n) is 8.11. The molecule has 0 radical (unpaired) electrons. The molecule has 150 valence electrons. The van der Waals surface area contributed by atoms with Gasteiger partial charge in [-0.05, 0) is 13.8 Å². The van der Waals surface area contributed by atoms with Gasteiger partial charge >= 0.3 is 5.97 Å². The van der Waals surface area contributed by atoms with E-state index in [4.69, 9.17) is 9.84 Å². The fraction of sp³-hybridized carbons (Fsp3) is 0.800. The molecule has 0 aromatic heterocycles. The molecule has 11 heteroatoms. The number of aliphatic hydroxyl groups excluding tert-OH is 3. The molecule has 0 aromatic rings. The van der Waals surface area contributed by atoms with Crippen LogP contribution < -0.4 is 10.6 Å². The zero-order chi connectivity index (χ0) is 20.2. The molecule has 0 saturated carbocycles. The predicted molar refractivity (Wildman–Crippen MR) is 85.6 cm³/mol. The number of carboxylic acids is 1. The lowest BCUT2D eigenvalue weighted by molar-refractivity contribution is -0.283. The van der Waals surface area contributed by atoms with Crippen molar-refractivity contribution in [3.8, 4) is 0 Å². The largest absolute Gasteiger partial charge is 0.477 e. The van der Waals surface area contributed by atoms with E-state index in [1.807, 2.05) is 0 Å². The molecule has 1 aliphatic rings. The zero-order valence-corrected chi connectivity index (χ0v) is 14.7.